The number of carbonyl (C=O) groups is 3. The standard InChI is InChI=1S/C28H26Cl2FN5O3.C2HF3O2/c1-17-11-20(28(38)34-36-9-7-35(2)8-10-36)4-6-24(17)33-25(37)14-19-3-5-23(30)27(26(19)31)39-22-13-18(16-32)12-21(29)15-22;3-2(4,5)1(6)7/h3-6,11-13,15H,7-10,14H2,1-2H3,(H,33,37)(H,34,38);(H,6,7). The first-order valence-electron chi connectivity index (χ1n) is 13.4. The van der Waals surface area contributed by atoms with E-state index < -0.39 is 23.9 Å². The Morgan fingerprint density at radius 2 is 1.70 bits per heavy atom. The Bertz CT molecular complexity index is 1660. The molecule has 0 aromatic heterocycles. The molecule has 0 spiro atoms. The number of aliphatic carboxylic acids is 1. The van der Waals surface area contributed by atoms with Gasteiger partial charge in [0.15, 0.2) is 11.6 Å². The molecule has 244 valence electrons. The number of benzene rings is 3. The van der Waals surface area contributed by atoms with Crippen LogP contribution in [0.3, 0.4) is 0 Å². The maximum Gasteiger partial charge on any atom is 0.490 e. The highest BCUT2D eigenvalue weighted by atomic mass is 35.5. The van der Waals surface area contributed by atoms with Crippen LogP contribution in [0.25, 0.3) is 0 Å². The number of aryl methyl sites for hydroxylation is 1. The van der Waals surface area contributed by atoms with Crippen molar-refractivity contribution in [3.8, 4) is 17.6 Å². The van der Waals surface area contributed by atoms with Crippen LogP contribution in [0.2, 0.25) is 10.0 Å². The summed E-state index contributed by atoms with van der Waals surface area (Å²) in [5.74, 6) is -4.39. The number of hydrazine groups is 1. The van der Waals surface area contributed by atoms with Gasteiger partial charge in [-0.1, -0.05) is 29.3 Å². The first-order chi connectivity index (χ1) is 21.6. The average molecular weight is 684 g/mol. The van der Waals surface area contributed by atoms with Crippen LogP contribution in [-0.2, 0) is 16.0 Å². The number of anilines is 1. The Labute approximate surface area is 271 Å². The van der Waals surface area contributed by atoms with Gasteiger partial charge < -0.3 is 20.1 Å². The fraction of sp³-hybridized carbons (Fsp3) is 0.267. The van der Waals surface area contributed by atoms with E-state index >= 15 is 4.39 Å². The number of nitrogens with one attached hydrogen (secondary N) is 2. The molecule has 3 N–H and O–H groups in total. The predicted octanol–water partition coefficient (Wildman–Crippen LogP) is 5.81. The van der Waals surface area contributed by atoms with Crippen molar-refractivity contribution in [3.63, 3.8) is 0 Å². The molecule has 3 aromatic rings. The molecule has 0 radical (unpaired) electrons. The van der Waals surface area contributed by atoms with E-state index in [2.05, 4.69) is 15.6 Å². The summed E-state index contributed by atoms with van der Waals surface area (Å²) in [5, 5.41) is 21.2. The third-order valence-corrected chi connectivity index (χ3v) is 6.98. The van der Waals surface area contributed by atoms with Crippen LogP contribution in [0.4, 0.5) is 23.2 Å². The second kappa shape index (κ2) is 15.7. The Kier molecular flexibility index (Phi) is 12.3. The number of hydrogen-bond acceptors (Lipinski definition) is 7. The van der Waals surface area contributed by atoms with Crippen molar-refractivity contribution in [3.05, 3.63) is 86.6 Å². The van der Waals surface area contributed by atoms with Gasteiger partial charge in [-0.05, 0) is 62.0 Å². The van der Waals surface area contributed by atoms with Crippen LogP contribution in [-0.4, -0.2) is 72.2 Å². The molecule has 0 saturated carbocycles. The van der Waals surface area contributed by atoms with Crippen molar-refractivity contribution in [1.29, 1.82) is 5.26 Å². The molecule has 1 heterocycles. The molecule has 10 nitrogen and oxygen atoms in total. The van der Waals surface area contributed by atoms with Gasteiger partial charge >= 0.3 is 12.1 Å². The van der Waals surface area contributed by atoms with Gasteiger partial charge in [0.05, 0.1) is 23.1 Å². The lowest BCUT2D eigenvalue weighted by molar-refractivity contribution is -0.192. The number of nitriles is 1. The molecular weight excluding hydrogens is 657 g/mol. The Hall–Kier alpha value is -4.42. The maximum absolute atomic E-state index is 15.3. The van der Waals surface area contributed by atoms with E-state index in [9.17, 15) is 22.8 Å². The topological polar surface area (TPSA) is 135 Å². The van der Waals surface area contributed by atoms with E-state index in [1.165, 1.54) is 30.3 Å². The van der Waals surface area contributed by atoms with Crippen LogP contribution >= 0.6 is 23.2 Å². The van der Waals surface area contributed by atoms with Crippen molar-refractivity contribution < 1.29 is 41.8 Å². The molecule has 46 heavy (non-hydrogen) atoms. The summed E-state index contributed by atoms with van der Waals surface area (Å²) in [7, 11) is 2.04. The lowest BCUT2D eigenvalue weighted by Crippen LogP contribution is -2.52. The van der Waals surface area contributed by atoms with Crippen molar-refractivity contribution >= 4 is 46.7 Å². The molecule has 1 fully saturated rings. The van der Waals surface area contributed by atoms with Gasteiger partial charge in [0, 0.05) is 48.0 Å². The highest BCUT2D eigenvalue weighted by Crippen LogP contribution is 2.35. The molecule has 16 heteroatoms. The van der Waals surface area contributed by atoms with Crippen molar-refractivity contribution in [2.24, 2.45) is 0 Å². The van der Waals surface area contributed by atoms with Crippen molar-refractivity contribution in [2.75, 3.05) is 38.5 Å². The molecular formula is C30H27Cl2F4N5O5. The van der Waals surface area contributed by atoms with Crippen LogP contribution in [0.5, 0.6) is 11.5 Å². The number of amides is 2. The minimum Gasteiger partial charge on any atom is -0.475 e. The van der Waals surface area contributed by atoms with E-state index in [4.69, 9.17) is 43.1 Å². The van der Waals surface area contributed by atoms with Gasteiger partial charge in [-0.2, -0.15) is 18.4 Å². The van der Waals surface area contributed by atoms with E-state index in [1.807, 2.05) is 18.1 Å². The molecule has 0 aliphatic carbocycles. The Morgan fingerprint density at radius 3 is 2.28 bits per heavy atom. The lowest BCUT2D eigenvalue weighted by Gasteiger charge is -2.32. The Balaban J connectivity index is 0.000000738. The molecule has 0 bridgehead atoms. The summed E-state index contributed by atoms with van der Waals surface area (Å²) >= 11 is 12.2. The number of halogens is 6. The minimum absolute atomic E-state index is 0.00331. The van der Waals surface area contributed by atoms with E-state index in [1.54, 1.807) is 25.1 Å². The molecule has 1 aliphatic rings. The smallest absolute Gasteiger partial charge is 0.475 e. The number of rotatable bonds is 7. The first-order valence-corrected chi connectivity index (χ1v) is 14.1. The van der Waals surface area contributed by atoms with Crippen molar-refractivity contribution in [2.45, 2.75) is 19.5 Å². The van der Waals surface area contributed by atoms with Gasteiger partial charge in [0.1, 0.15) is 5.75 Å². The van der Waals surface area contributed by atoms with E-state index in [0.29, 0.717) is 16.8 Å². The number of carboxylic acids is 1. The van der Waals surface area contributed by atoms with Crippen LogP contribution < -0.4 is 15.5 Å². The Morgan fingerprint density at radius 1 is 1.04 bits per heavy atom. The summed E-state index contributed by atoms with van der Waals surface area (Å²) in [6.07, 6.45) is -5.37. The first kappa shape index (κ1) is 36.1. The van der Waals surface area contributed by atoms with Crippen LogP contribution in [0, 0.1) is 24.1 Å². The summed E-state index contributed by atoms with van der Waals surface area (Å²) in [5.41, 5.74) is 4.87. The number of carbonyl (C=O) groups excluding carboxylic acids is 2. The zero-order valence-electron chi connectivity index (χ0n) is 24.3. The summed E-state index contributed by atoms with van der Waals surface area (Å²) in [6, 6.07) is 14.0. The zero-order valence-corrected chi connectivity index (χ0v) is 25.9. The fourth-order valence-corrected chi connectivity index (χ4v) is 4.46. The number of ether oxygens (including phenoxy) is 1. The second-order valence-electron chi connectivity index (χ2n) is 10.0. The summed E-state index contributed by atoms with van der Waals surface area (Å²) in [4.78, 5) is 36.5. The number of hydrogen-bond donors (Lipinski definition) is 3. The number of piperazine rings is 1. The molecule has 0 atom stereocenters. The van der Waals surface area contributed by atoms with Gasteiger partial charge in [0.2, 0.25) is 5.91 Å². The molecule has 1 aliphatic heterocycles. The zero-order chi connectivity index (χ0) is 34.2. The molecule has 0 unspecified atom stereocenters. The van der Waals surface area contributed by atoms with E-state index in [-0.39, 0.29) is 45.0 Å². The SMILES string of the molecule is Cc1cc(C(=O)NN2CCN(C)CC2)ccc1NC(=O)Cc1ccc(Cl)c(Oc2cc(Cl)cc(C#N)c2)c1F.O=C(O)C(F)(F)F. The van der Waals surface area contributed by atoms with Crippen molar-refractivity contribution in [1.82, 2.24) is 15.3 Å². The molecule has 2 amide bonds. The third-order valence-electron chi connectivity index (χ3n) is 6.47. The maximum atomic E-state index is 15.3. The summed E-state index contributed by atoms with van der Waals surface area (Å²) < 4.78 is 52.6. The number of nitrogens with zero attached hydrogens (tertiary/aromatic N) is 3. The quantitative estimate of drug-likeness (QED) is 0.266. The lowest BCUT2D eigenvalue weighted by atomic mass is 10.1. The van der Waals surface area contributed by atoms with Gasteiger partial charge in [-0.3, -0.25) is 15.0 Å². The average Bonchev–Trinajstić information content (AvgIpc) is 2.98. The highest BCUT2D eigenvalue weighted by Gasteiger charge is 2.38. The minimum atomic E-state index is -5.08. The second-order valence-corrected chi connectivity index (χ2v) is 10.9. The van der Waals surface area contributed by atoms with Crippen LogP contribution in [0.15, 0.2) is 48.5 Å². The molecule has 1 saturated heterocycles. The predicted molar refractivity (Wildman–Crippen MR) is 161 cm³/mol. The van der Waals surface area contributed by atoms with Gasteiger partial charge in [-0.25, -0.2) is 14.2 Å². The van der Waals surface area contributed by atoms with Gasteiger partial charge in [-0.15, -0.1) is 0 Å². The fourth-order valence-electron chi connectivity index (χ4n) is 4.05. The summed E-state index contributed by atoms with van der Waals surface area (Å²) in [6.45, 7) is 4.99. The highest BCUT2D eigenvalue weighted by molar-refractivity contribution is 6.32. The number of carboxylic acid groups (broad SMARTS) is 1. The largest absolute Gasteiger partial charge is 0.490 e. The van der Waals surface area contributed by atoms with E-state index in [0.717, 1.165) is 26.2 Å². The number of alkyl halides is 3. The normalized spacial score (nSPS) is 13.5. The molecule has 4 rings (SSSR count). The van der Waals surface area contributed by atoms with Gasteiger partial charge in [0.25, 0.3) is 5.91 Å². The molecule has 3 aromatic carbocycles. The third kappa shape index (κ3) is 10.3. The monoisotopic (exact) mass is 683 g/mol. The van der Waals surface area contributed by atoms with Crippen LogP contribution in [0.1, 0.15) is 27.0 Å². The number of likely N-dealkylation sites (N-methyl/N-ethyl adjacent to an activating group) is 1.